The summed E-state index contributed by atoms with van der Waals surface area (Å²) in [6.45, 7) is 0. The van der Waals surface area contributed by atoms with Crippen LogP contribution < -0.4 is 0 Å². The lowest BCUT2D eigenvalue weighted by Crippen LogP contribution is -1.72. The Kier molecular flexibility index (Phi) is 1.35. The van der Waals surface area contributed by atoms with Crippen LogP contribution in [0, 0.1) is 5.82 Å². The molecule has 0 amide bonds. The predicted molar refractivity (Wildman–Crippen MR) is 41.2 cm³/mol. The second kappa shape index (κ2) is 2.23. The van der Waals surface area contributed by atoms with Crippen LogP contribution in [0.4, 0.5) is 4.39 Å². The van der Waals surface area contributed by atoms with Crippen molar-refractivity contribution in [3.05, 3.63) is 24.0 Å². The van der Waals surface area contributed by atoms with Gasteiger partial charge < -0.3 is 4.42 Å². The van der Waals surface area contributed by atoms with E-state index in [4.69, 9.17) is 4.42 Å². The molecule has 0 N–H and O–H groups in total. The summed E-state index contributed by atoms with van der Waals surface area (Å²) < 4.78 is 17.7. The number of hydrogen-bond donors (Lipinski definition) is 1. The Morgan fingerprint density at radius 3 is 3.00 bits per heavy atom. The molecular formula is C7H4FNOS. The van der Waals surface area contributed by atoms with E-state index >= 15 is 0 Å². The molecule has 0 aliphatic heterocycles. The molecule has 2 aromatic rings. The number of thiol groups is 1. The van der Waals surface area contributed by atoms with Crippen molar-refractivity contribution in [3.63, 3.8) is 0 Å². The van der Waals surface area contributed by atoms with Gasteiger partial charge in [0.15, 0.2) is 11.4 Å². The van der Waals surface area contributed by atoms with E-state index in [2.05, 4.69) is 17.6 Å². The third-order valence-electron chi connectivity index (χ3n) is 1.36. The van der Waals surface area contributed by atoms with Gasteiger partial charge in [0.2, 0.25) is 0 Å². The molecule has 1 aromatic heterocycles. The van der Waals surface area contributed by atoms with E-state index in [0.717, 1.165) is 0 Å². The van der Waals surface area contributed by atoms with Crippen LogP contribution in [0.3, 0.4) is 0 Å². The molecule has 1 aromatic carbocycles. The van der Waals surface area contributed by atoms with Crippen LogP contribution in [0.5, 0.6) is 0 Å². The van der Waals surface area contributed by atoms with E-state index in [0.29, 0.717) is 5.52 Å². The van der Waals surface area contributed by atoms with Gasteiger partial charge in [-0.15, -0.1) is 0 Å². The number of rotatable bonds is 0. The van der Waals surface area contributed by atoms with Crippen LogP contribution in [0.15, 0.2) is 27.8 Å². The zero-order chi connectivity index (χ0) is 7.84. The lowest BCUT2D eigenvalue weighted by Gasteiger charge is -1.85. The quantitative estimate of drug-likeness (QED) is 0.612. The molecule has 0 aliphatic rings. The normalized spacial score (nSPS) is 10.7. The summed E-state index contributed by atoms with van der Waals surface area (Å²) in [6.07, 6.45) is 0. The minimum Gasteiger partial charge on any atom is -0.428 e. The maximum atomic E-state index is 12.8. The molecule has 0 saturated heterocycles. The van der Waals surface area contributed by atoms with Crippen LogP contribution in [0.1, 0.15) is 0 Å². The summed E-state index contributed by atoms with van der Waals surface area (Å²) >= 11 is 3.85. The predicted octanol–water partition coefficient (Wildman–Crippen LogP) is 2.26. The Morgan fingerprint density at radius 1 is 1.45 bits per heavy atom. The number of halogens is 1. The average molecular weight is 169 g/mol. The van der Waals surface area contributed by atoms with Crippen LogP contribution in [-0.2, 0) is 0 Å². The topological polar surface area (TPSA) is 26.0 Å². The van der Waals surface area contributed by atoms with E-state index in [1.165, 1.54) is 6.07 Å². The smallest absolute Gasteiger partial charge is 0.253 e. The summed E-state index contributed by atoms with van der Waals surface area (Å²) in [7, 11) is 0. The number of oxazole rings is 1. The molecule has 56 valence electrons. The van der Waals surface area contributed by atoms with Crippen molar-refractivity contribution >= 4 is 23.7 Å². The lowest BCUT2D eigenvalue weighted by molar-refractivity contribution is 0.472. The third kappa shape index (κ3) is 0.991. The molecule has 0 unspecified atom stereocenters. The largest absolute Gasteiger partial charge is 0.428 e. The van der Waals surface area contributed by atoms with Crippen molar-refractivity contribution in [1.82, 2.24) is 4.98 Å². The number of nitrogens with zero attached hydrogens (tertiary/aromatic N) is 1. The molecule has 2 rings (SSSR count). The molecular weight excluding hydrogens is 165 g/mol. The van der Waals surface area contributed by atoms with Gasteiger partial charge >= 0.3 is 0 Å². The van der Waals surface area contributed by atoms with Crippen molar-refractivity contribution in [2.24, 2.45) is 0 Å². The maximum Gasteiger partial charge on any atom is 0.253 e. The van der Waals surface area contributed by atoms with Gasteiger partial charge in [-0.1, -0.05) is 18.7 Å². The summed E-state index contributed by atoms with van der Waals surface area (Å²) in [5.41, 5.74) is 0.660. The van der Waals surface area contributed by atoms with E-state index in [1.807, 2.05) is 0 Å². The van der Waals surface area contributed by atoms with E-state index in [9.17, 15) is 4.39 Å². The molecule has 0 saturated carbocycles. The van der Waals surface area contributed by atoms with Gasteiger partial charge in [-0.3, -0.25) is 0 Å². The van der Waals surface area contributed by atoms with E-state index in [-0.39, 0.29) is 10.8 Å². The molecule has 0 radical (unpaired) electrons. The Balaban J connectivity index is 2.90. The second-order valence-corrected chi connectivity index (χ2v) is 2.47. The van der Waals surface area contributed by atoms with Gasteiger partial charge in [0.25, 0.3) is 5.22 Å². The zero-order valence-corrected chi connectivity index (χ0v) is 6.31. The lowest BCUT2D eigenvalue weighted by atomic mass is 10.3. The summed E-state index contributed by atoms with van der Waals surface area (Å²) in [4.78, 5) is 3.83. The van der Waals surface area contributed by atoms with Crippen molar-refractivity contribution in [2.75, 3.05) is 0 Å². The Hall–Kier alpha value is -1.03. The first-order valence-electron chi connectivity index (χ1n) is 3.01. The number of hydrogen-bond acceptors (Lipinski definition) is 3. The minimum atomic E-state index is -0.407. The molecule has 0 fully saturated rings. The molecule has 0 atom stereocenters. The van der Waals surface area contributed by atoms with Gasteiger partial charge in [0, 0.05) is 0 Å². The van der Waals surface area contributed by atoms with Gasteiger partial charge in [-0.05, 0) is 12.1 Å². The molecule has 1 heterocycles. The second-order valence-electron chi connectivity index (χ2n) is 2.08. The number of benzene rings is 1. The van der Waals surface area contributed by atoms with Crippen LogP contribution >= 0.6 is 12.6 Å². The Bertz CT molecular complexity index is 398. The first-order chi connectivity index (χ1) is 5.27. The summed E-state index contributed by atoms with van der Waals surface area (Å²) in [5.74, 6) is -0.407. The first kappa shape index (κ1) is 6.67. The standard InChI is InChI=1S/C7H4FNOS/c8-4-2-1-3-5-6(4)10-7(11)9-5/h1-3H,(H,9,11). The highest BCUT2D eigenvalue weighted by atomic mass is 32.1. The van der Waals surface area contributed by atoms with Crippen molar-refractivity contribution in [1.29, 1.82) is 0 Å². The van der Waals surface area contributed by atoms with E-state index < -0.39 is 5.82 Å². The maximum absolute atomic E-state index is 12.8. The van der Waals surface area contributed by atoms with Gasteiger partial charge in [-0.2, -0.15) is 0 Å². The number of para-hydroxylation sites is 1. The molecule has 11 heavy (non-hydrogen) atoms. The minimum absolute atomic E-state index is 0.164. The first-order valence-corrected chi connectivity index (χ1v) is 3.46. The van der Waals surface area contributed by atoms with Crippen molar-refractivity contribution in [3.8, 4) is 0 Å². The summed E-state index contributed by atoms with van der Waals surface area (Å²) in [5, 5.41) is 0.185. The highest BCUT2D eigenvalue weighted by Gasteiger charge is 2.05. The fraction of sp³-hybridized carbons (Fsp3) is 0. The van der Waals surface area contributed by atoms with Crippen LogP contribution in [0.2, 0.25) is 0 Å². The average Bonchev–Trinajstić information content (AvgIpc) is 2.31. The molecule has 4 heteroatoms. The number of aromatic nitrogens is 1. The van der Waals surface area contributed by atoms with Gasteiger partial charge in [0.05, 0.1) is 0 Å². The third-order valence-corrected chi connectivity index (χ3v) is 1.55. The van der Waals surface area contributed by atoms with Gasteiger partial charge in [-0.25, -0.2) is 9.37 Å². The molecule has 2 nitrogen and oxygen atoms in total. The zero-order valence-electron chi connectivity index (χ0n) is 5.41. The van der Waals surface area contributed by atoms with Crippen molar-refractivity contribution < 1.29 is 8.81 Å². The molecule has 0 aliphatic carbocycles. The molecule has 0 bridgehead atoms. The Morgan fingerprint density at radius 2 is 2.27 bits per heavy atom. The Labute approximate surface area is 67.4 Å². The van der Waals surface area contributed by atoms with Crippen LogP contribution in [0.25, 0.3) is 11.1 Å². The number of fused-ring (bicyclic) bond motifs is 1. The van der Waals surface area contributed by atoms with E-state index in [1.54, 1.807) is 12.1 Å². The van der Waals surface area contributed by atoms with Crippen molar-refractivity contribution in [2.45, 2.75) is 5.22 Å². The van der Waals surface area contributed by atoms with Gasteiger partial charge in [0.1, 0.15) is 5.52 Å². The molecule has 0 spiro atoms. The highest BCUT2D eigenvalue weighted by molar-refractivity contribution is 7.80. The highest BCUT2D eigenvalue weighted by Crippen LogP contribution is 2.19. The fourth-order valence-electron chi connectivity index (χ4n) is 0.904. The monoisotopic (exact) mass is 169 g/mol. The van der Waals surface area contributed by atoms with Crippen LogP contribution in [-0.4, -0.2) is 4.98 Å². The SMILES string of the molecule is Fc1cccc2nc(S)oc12. The fourth-order valence-corrected chi connectivity index (χ4v) is 1.10. The summed E-state index contributed by atoms with van der Waals surface area (Å²) in [6, 6.07) is 4.57.